The Bertz CT molecular complexity index is 624. The molecule has 2 nitrogen and oxygen atoms in total. The minimum Gasteiger partial charge on any atom is -0.410 e. The number of hydrogen-bond acceptors (Lipinski definition) is 2. The van der Waals surface area contributed by atoms with Gasteiger partial charge in [0.05, 0.1) is 12.2 Å². The molecule has 0 rings (SSSR count). The van der Waals surface area contributed by atoms with Crippen LogP contribution in [0.2, 0.25) is 33.2 Å². The average Bonchev–Trinajstić information content (AvgIpc) is 2.74. The van der Waals surface area contributed by atoms with Gasteiger partial charge in [-0.15, -0.1) is 6.42 Å². The summed E-state index contributed by atoms with van der Waals surface area (Å²) in [6.45, 7) is 30.8. The number of allylic oxidation sites excluding steroid dienone is 3. The van der Waals surface area contributed by atoms with Crippen molar-refractivity contribution < 1.29 is 8.85 Å². The van der Waals surface area contributed by atoms with E-state index in [1.807, 2.05) is 6.08 Å². The van der Waals surface area contributed by atoms with Gasteiger partial charge in [-0.2, -0.15) is 0 Å². The monoisotopic (exact) mass is 520 g/mol. The molecule has 0 aromatic heterocycles. The Hall–Kier alpha value is -0.606. The van der Waals surface area contributed by atoms with Crippen molar-refractivity contribution in [3.8, 4) is 12.3 Å². The van der Waals surface area contributed by atoms with Gasteiger partial charge >= 0.3 is 0 Å². The first kappa shape index (κ1) is 34.4. The minimum absolute atomic E-state index is 0.0590. The quantitative estimate of drug-likeness (QED) is 0.0821. The predicted octanol–water partition coefficient (Wildman–Crippen LogP) is 10.4. The van der Waals surface area contributed by atoms with Gasteiger partial charge in [0.1, 0.15) is 0 Å². The summed E-state index contributed by atoms with van der Waals surface area (Å²) in [6, 6.07) is 0. The second-order valence-corrected chi connectivity index (χ2v) is 23.1. The molecule has 0 saturated carbocycles. The summed E-state index contributed by atoms with van der Waals surface area (Å²) in [5.74, 6) is 2.61. The first-order chi connectivity index (χ1) is 16.2. The fourth-order valence-corrected chi connectivity index (χ4v) is 17.8. The minimum atomic E-state index is -2.11. The third kappa shape index (κ3) is 9.02. The van der Waals surface area contributed by atoms with Crippen molar-refractivity contribution in [2.24, 2.45) is 0 Å². The first-order valence-electron chi connectivity index (χ1n) is 14.4. The standard InChI is InChI=1S/C31H60O2Si2/c1-15-17-19-21-23-31(33-35(27(9)10,28(11)12)29(13)14)30(22-20-18-16-2)32-34(24(3)4,25(5)6)26(7)8/h1,17,19,21,23-31H,16,18,20,22H2,2-14H3/b19-17+,23-21+/t30-,31+/m0/s1. The number of unbranched alkanes of at least 4 members (excludes halogenated alkanes) is 2. The van der Waals surface area contributed by atoms with Gasteiger partial charge in [0.25, 0.3) is 0 Å². The van der Waals surface area contributed by atoms with Gasteiger partial charge in [0, 0.05) is 0 Å². The van der Waals surface area contributed by atoms with E-state index in [0.717, 1.165) is 6.42 Å². The van der Waals surface area contributed by atoms with Crippen molar-refractivity contribution in [2.75, 3.05) is 0 Å². The average molecular weight is 521 g/mol. The highest BCUT2D eigenvalue weighted by molar-refractivity contribution is 6.78. The molecule has 0 aliphatic rings. The van der Waals surface area contributed by atoms with Gasteiger partial charge in [-0.1, -0.05) is 133 Å². The van der Waals surface area contributed by atoms with Crippen LogP contribution in [0.3, 0.4) is 0 Å². The van der Waals surface area contributed by atoms with E-state index in [0.29, 0.717) is 33.2 Å². The summed E-state index contributed by atoms with van der Waals surface area (Å²) in [6.07, 6.45) is 18.2. The van der Waals surface area contributed by atoms with E-state index in [1.54, 1.807) is 6.08 Å². The molecule has 0 aliphatic heterocycles. The molecule has 0 amide bonds. The van der Waals surface area contributed by atoms with Crippen LogP contribution in [0.25, 0.3) is 0 Å². The fourth-order valence-electron chi connectivity index (χ4n) is 6.72. The molecule has 0 N–H and O–H groups in total. The van der Waals surface area contributed by atoms with Crippen LogP contribution < -0.4 is 0 Å². The summed E-state index contributed by atoms with van der Waals surface area (Å²) in [5, 5.41) is 0. The van der Waals surface area contributed by atoms with Crippen LogP contribution in [0, 0.1) is 12.3 Å². The number of terminal acetylenes is 1. The van der Waals surface area contributed by atoms with Crippen LogP contribution in [-0.2, 0) is 8.85 Å². The summed E-state index contributed by atoms with van der Waals surface area (Å²) in [4.78, 5) is 0. The highest BCUT2D eigenvalue weighted by Gasteiger charge is 2.50. The van der Waals surface area contributed by atoms with Gasteiger partial charge in [-0.05, 0) is 45.7 Å². The van der Waals surface area contributed by atoms with E-state index >= 15 is 0 Å². The van der Waals surface area contributed by atoms with E-state index < -0.39 is 16.6 Å². The molecule has 0 fully saturated rings. The summed E-state index contributed by atoms with van der Waals surface area (Å²) in [7, 11) is -4.18. The Morgan fingerprint density at radius 1 is 0.657 bits per heavy atom. The molecule has 0 aromatic carbocycles. The van der Waals surface area contributed by atoms with Crippen LogP contribution in [0.1, 0.15) is 116 Å². The van der Waals surface area contributed by atoms with E-state index in [-0.39, 0.29) is 12.2 Å². The lowest BCUT2D eigenvalue weighted by atomic mass is 10.1. The van der Waals surface area contributed by atoms with Crippen molar-refractivity contribution in [1.29, 1.82) is 0 Å². The molecule has 0 unspecified atom stereocenters. The normalized spacial score (nSPS) is 15.6. The molecule has 0 bridgehead atoms. The largest absolute Gasteiger partial charge is 0.410 e. The zero-order valence-electron chi connectivity index (χ0n) is 25.7. The maximum Gasteiger partial charge on any atom is 0.201 e. The second kappa shape index (κ2) is 16.3. The first-order valence-corrected chi connectivity index (χ1v) is 18.7. The molecule has 2 atom stereocenters. The number of rotatable bonds is 17. The second-order valence-electron chi connectivity index (χ2n) is 12.3. The van der Waals surface area contributed by atoms with Crippen LogP contribution >= 0.6 is 0 Å². The van der Waals surface area contributed by atoms with Gasteiger partial charge in [-0.25, -0.2) is 0 Å². The van der Waals surface area contributed by atoms with E-state index in [1.165, 1.54) is 19.3 Å². The summed E-state index contributed by atoms with van der Waals surface area (Å²) in [5.41, 5.74) is 3.22. The fraction of sp³-hybridized carbons (Fsp3) is 0.806. The Balaban J connectivity index is 6.77. The maximum absolute atomic E-state index is 7.49. The van der Waals surface area contributed by atoms with E-state index in [2.05, 4.69) is 108 Å². The highest BCUT2D eigenvalue weighted by Crippen LogP contribution is 2.46. The molecule has 0 heterocycles. The molecule has 0 aliphatic carbocycles. The van der Waals surface area contributed by atoms with E-state index in [9.17, 15) is 0 Å². The molecular weight excluding hydrogens is 461 g/mol. The Morgan fingerprint density at radius 3 is 1.46 bits per heavy atom. The SMILES string of the molecule is C#C/C=C/C=C/[C@@H](O[Si](C(C)C)(C(C)C)C(C)C)[C@H](CCCCC)O[Si](C(C)C)(C(C)C)C(C)C. The topological polar surface area (TPSA) is 18.5 Å². The zero-order valence-corrected chi connectivity index (χ0v) is 27.7. The molecule has 204 valence electrons. The van der Waals surface area contributed by atoms with Crippen LogP contribution in [0.15, 0.2) is 24.3 Å². The maximum atomic E-state index is 7.49. The molecule has 0 saturated heterocycles. The molecule has 0 radical (unpaired) electrons. The third-order valence-electron chi connectivity index (χ3n) is 8.17. The Kier molecular flexibility index (Phi) is 16.0. The molecule has 4 heteroatoms. The van der Waals surface area contributed by atoms with Gasteiger partial charge in [0.2, 0.25) is 16.6 Å². The zero-order chi connectivity index (χ0) is 27.4. The van der Waals surface area contributed by atoms with Crippen LogP contribution in [0.5, 0.6) is 0 Å². The molecule has 35 heavy (non-hydrogen) atoms. The van der Waals surface area contributed by atoms with Gasteiger partial charge in [-0.3, -0.25) is 0 Å². The van der Waals surface area contributed by atoms with Crippen LogP contribution in [0.4, 0.5) is 0 Å². The number of hydrogen-bond donors (Lipinski definition) is 0. The lowest BCUT2D eigenvalue weighted by molar-refractivity contribution is 0.0504. The summed E-state index contributed by atoms with van der Waals surface area (Å²) < 4.78 is 14.9. The van der Waals surface area contributed by atoms with Crippen molar-refractivity contribution in [2.45, 2.75) is 161 Å². The van der Waals surface area contributed by atoms with Crippen LogP contribution in [-0.4, -0.2) is 28.8 Å². The van der Waals surface area contributed by atoms with Crippen molar-refractivity contribution >= 4 is 16.6 Å². The molecule has 0 spiro atoms. The van der Waals surface area contributed by atoms with Crippen molar-refractivity contribution in [3.63, 3.8) is 0 Å². The molecule has 0 aromatic rings. The smallest absolute Gasteiger partial charge is 0.201 e. The van der Waals surface area contributed by atoms with Gasteiger partial charge in [0.15, 0.2) is 0 Å². The lowest BCUT2D eigenvalue weighted by Crippen LogP contribution is -2.56. The predicted molar refractivity (Wildman–Crippen MR) is 163 cm³/mol. The summed E-state index contributed by atoms with van der Waals surface area (Å²) >= 11 is 0. The lowest BCUT2D eigenvalue weighted by Gasteiger charge is -2.49. The van der Waals surface area contributed by atoms with E-state index in [4.69, 9.17) is 15.3 Å². The van der Waals surface area contributed by atoms with Gasteiger partial charge < -0.3 is 8.85 Å². The Labute approximate surface area is 223 Å². The highest BCUT2D eigenvalue weighted by atomic mass is 28.4. The van der Waals surface area contributed by atoms with Crippen molar-refractivity contribution in [1.82, 2.24) is 0 Å². The third-order valence-corrected chi connectivity index (χ3v) is 20.4. The molecular formula is C31H60O2Si2. The van der Waals surface area contributed by atoms with Crippen molar-refractivity contribution in [3.05, 3.63) is 24.3 Å². The Morgan fingerprint density at radius 2 is 1.09 bits per heavy atom.